The monoisotopic (exact) mass is 196 g/mol. The Kier molecular flexibility index (Phi) is 3.41. The fourth-order valence-corrected chi connectivity index (χ4v) is 2.86. The second-order valence-corrected chi connectivity index (χ2v) is 5.32. The molecule has 0 saturated carbocycles. The lowest BCUT2D eigenvalue weighted by Gasteiger charge is -2.45. The molecule has 1 heteroatoms. The molecule has 14 heavy (non-hydrogen) atoms. The number of rotatable bonds is 2. The van der Waals surface area contributed by atoms with Gasteiger partial charge in [0, 0.05) is 0 Å². The molecule has 1 N–H and O–H groups in total. The first-order chi connectivity index (χ1) is 6.41. The van der Waals surface area contributed by atoms with E-state index in [0.717, 1.165) is 12.8 Å². The topological polar surface area (TPSA) is 20.2 Å². The molecule has 1 rings (SSSR count). The molecule has 1 aliphatic rings. The summed E-state index contributed by atoms with van der Waals surface area (Å²) in [5.41, 5.74) is 1.60. The van der Waals surface area contributed by atoms with Gasteiger partial charge in [-0.15, -0.1) is 0 Å². The predicted octanol–water partition coefficient (Wildman–Crippen LogP) is 3.39. The van der Waals surface area contributed by atoms with Crippen LogP contribution in [0.3, 0.4) is 0 Å². The third kappa shape index (κ3) is 1.88. The van der Waals surface area contributed by atoms with Crippen LogP contribution in [-0.2, 0) is 0 Å². The summed E-state index contributed by atoms with van der Waals surface area (Å²) < 4.78 is 0. The SMILES string of the molecule is CCC(O)[C@H]1[C@@H](C)CC=C(C)C1(C)C. The van der Waals surface area contributed by atoms with E-state index < -0.39 is 0 Å². The van der Waals surface area contributed by atoms with Crippen molar-refractivity contribution in [1.82, 2.24) is 0 Å². The minimum atomic E-state index is -0.149. The van der Waals surface area contributed by atoms with E-state index in [9.17, 15) is 5.11 Å². The molecule has 0 aromatic carbocycles. The van der Waals surface area contributed by atoms with E-state index in [0.29, 0.717) is 11.8 Å². The molecular weight excluding hydrogens is 172 g/mol. The second kappa shape index (κ2) is 4.06. The van der Waals surface area contributed by atoms with Crippen LogP contribution < -0.4 is 0 Å². The summed E-state index contributed by atoms with van der Waals surface area (Å²) in [5, 5.41) is 10.1. The highest BCUT2D eigenvalue weighted by molar-refractivity contribution is 5.17. The molecule has 0 bridgehead atoms. The fourth-order valence-electron chi connectivity index (χ4n) is 2.86. The Morgan fingerprint density at radius 1 is 1.57 bits per heavy atom. The standard InChI is InChI=1S/C13H24O/c1-6-11(14)12-9(2)7-8-10(3)13(12,4)5/h8-9,11-12,14H,6-7H2,1-5H3/t9-,11?,12+/m0/s1. The average molecular weight is 196 g/mol. The lowest BCUT2D eigenvalue weighted by Crippen LogP contribution is -2.41. The third-order valence-corrected chi connectivity index (χ3v) is 4.09. The predicted molar refractivity (Wildman–Crippen MR) is 61.1 cm³/mol. The van der Waals surface area contributed by atoms with Gasteiger partial charge in [0.25, 0.3) is 0 Å². The first-order valence-corrected chi connectivity index (χ1v) is 5.76. The number of allylic oxidation sites excluding steroid dienone is 2. The van der Waals surface area contributed by atoms with Gasteiger partial charge in [0.2, 0.25) is 0 Å². The summed E-state index contributed by atoms with van der Waals surface area (Å²) in [7, 11) is 0. The molecule has 0 fully saturated rings. The van der Waals surface area contributed by atoms with E-state index in [-0.39, 0.29) is 11.5 Å². The van der Waals surface area contributed by atoms with Crippen LogP contribution in [0.1, 0.15) is 47.5 Å². The lowest BCUT2D eigenvalue weighted by atomic mass is 9.61. The average Bonchev–Trinajstić information content (AvgIpc) is 2.11. The van der Waals surface area contributed by atoms with Gasteiger partial charge >= 0.3 is 0 Å². The maximum atomic E-state index is 10.1. The van der Waals surface area contributed by atoms with Gasteiger partial charge in [0.05, 0.1) is 6.10 Å². The zero-order valence-electron chi connectivity index (χ0n) is 10.2. The van der Waals surface area contributed by atoms with Crippen LogP contribution >= 0.6 is 0 Å². The highest BCUT2D eigenvalue weighted by Crippen LogP contribution is 2.46. The van der Waals surface area contributed by atoms with E-state index in [4.69, 9.17) is 0 Å². The minimum absolute atomic E-state index is 0.149. The molecule has 0 aromatic heterocycles. The highest BCUT2D eigenvalue weighted by atomic mass is 16.3. The van der Waals surface area contributed by atoms with Crippen LogP contribution in [0.4, 0.5) is 0 Å². The molecule has 1 aliphatic carbocycles. The van der Waals surface area contributed by atoms with Crippen LogP contribution in [0, 0.1) is 17.3 Å². The van der Waals surface area contributed by atoms with Gasteiger partial charge in [0.15, 0.2) is 0 Å². The number of aliphatic hydroxyl groups is 1. The first-order valence-electron chi connectivity index (χ1n) is 5.76. The maximum Gasteiger partial charge on any atom is 0.0576 e. The van der Waals surface area contributed by atoms with Crippen molar-refractivity contribution in [2.24, 2.45) is 17.3 Å². The van der Waals surface area contributed by atoms with Crippen molar-refractivity contribution in [2.75, 3.05) is 0 Å². The van der Waals surface area contributed by atoms with Gasteiger partial charge in [-0.1, -0.05) is 39.3 Å². The van der Waals surface area contributed by atoms with Crippen LogP contribution in [0.15, 0.2) is 11.6 Å². The van der Waals surface area contributed by atoms with Crippen LogP contribution in [0.25, 0.3) is 0 Å². The summed E-state index contributed by atoms with van der Waals surface area (Å²) >= 11 is 0. The Balaban J connectivity index is 2.96. The Morgan fingerprint density at radius 2 is 2.14 bits per heavy atom. The maximum absolute atomic E-state index is 10.1. The molecule has 0 aliphatic heterocycles. The van der Waals surface area contributed by atoms with E-state index >= 15 is 0 Å². The van der Waals surface area contributed by atoms with Crippen LogP contribution in [-0.4, -0.2) is 11.2 Å². The normalized spacial score (nSPS) is 33.7. The van der Waals surface area contributed by atoms with Gasteiger partial charge in [-0.3, -0.25) is 0 Å². The summed E-state index contributed by atoms with van der Waals surface area (Å²) in [5.74, 6) is 1.01. The van der Waals surface area contributed by atoms with E-state index in [1.54, 1.807) is 0 Å². The van der Waals surface area contributed by atoms with Gasteiger partial charge < -0.3 is 5.11 Å². The summed E-state index contributed by atoms with van der Waals surface area (Å²) in [4.78, 5) is 0. The number of hydrogen-bond acceptors (Lipinski definition) is 1. The molecular formula is C13H24O. The van der Waals surface area contributed by atoms with Crippen molar-refractivity contribution >= 4 is 0 Å². The fraction of sp³-hybridized carbons (Fsp3) is 0.846. The Bertz CT molecular complexity index is 227. The molecule has 0 saturated heterocycles. The number of hydrogen-bond donors (Lipinski definition) is 1. The third-order valence-electron chi connectivity index (χ3n) is 4.09. The summed E-state index contributed by atoms with van der Waals surface area (Å²) in [6.45, 7) is 11.0. The van der Waals surface area contributed by atoms with Gasteiger partial charge in [0.1, 0.15) is 0 Å². The van der Waals surface area contributed by atoms with Crippen molar-refractivity contribution in [3.05, 3.63) is 11.6 Å². The van der Waals surface area contributed by atoms with Crippen LogP contribution in [0.2, 0.25) is 0 Å². The molecule has 1 nitrogen and oxygen atoms in total. The van der Waals surface area contributed by atoms with Gasteiger partial charge in [-0.25, -0.2) is 0 Å². The Hall–Kier alpha value is -0.300. The molecule has 0 aromatic rings. The zero-order valence-corrected chi connectivity index (χ0v) is 10.2. The van der Waals surface area contributed by atoms with Crippen molar-refractivity contribution in [2.45, 2.75) is 53.6 Å². The first kappa shape index (κ1) is 11.8. The summed E-state index contributed by atoms with van der Waals surface area (Å²) in [6, 6.07) is 0. The van der Waals surface area contributed by atoms with E-state index in [1.807, 2.05) is 0 Å². The largest absolute Gasteiger partial charge is 0.393 e. The molecule has 3 atom stereocenters. The van der Waals surface area contributed by atoms with Gasteiger partial charge in [-0.05, 0) is 37.0 Å². The quantitative estimate of drug-likeness (QED) is 0.671. The molecule has 0 amide bonds. The second-order valence-electron chi connectivity index (χ2n) is 5.32. The molecule has 0 heterocycles. The van der Waals surface area contributed by atoms with Crippen molar-refractivity contribution in [3.63, 3.8) is 0 Å². The molecule has 1 unspecified atom stereocenters. The zero-order chi connectivity index (χ0) is 10.9. The molecule has 82 valence electrons. The number of aliphatic hydroxyl groups excluding tert-OH is 1. The smallest absolute Gasteiger partial charge is 0.0576 e. The van der Waals surface area contributed by atoms with Crippen LogP contribution in [0.5, 0.6) is 0 Å². The Labute approximate surface area is 88.2 Å². The van der Waals surface area contributed by atoms with E-state index in [2.05, 4.69) is 40.7 Å². The van der Waals surface area contributed by atoms with Gasteiger partial charge in [-0.2, -0.15) is 0 Å². The van der Waals surface area contributed by atoms with Crippen molar-refractivity contribution < 1.29 is 5.11 Å². The van der Waals surface area contributed by atoms with Crippen molar-refractivity contribution in [3.8, 4) is 0 Å². The Morgan fingerprint density at radius 3 is 2.64 bits per heavy atom. The van der Waals surface area contributed by atoms with E-state index in [1.165, 1.54) is 5.57 Å². The summed E-state index contributed by atoms with van der Waals surface area (Å²) in [6.07, 6.45) is 4.18. The molecule has 0 radical (unpaired) electrons. The lowest BCUT2D eigenvalue weighted by molar-refractivity contribution is 0.00869. The minimum Gasteiger partial charge on any atom is -0.393 e. The highest BCUT2D eigenvalue weighted by Gasteiger charge is 2.40. The van der Waals surface area contributed by atoms with Crippen molar-refractivity contribution in [1.29, 1.82) is 0 Å². The molecule has 0 spiro atoms.